The first-order valence-electron chi connectivity index (χ1n) is 12.4. The van der Waals surface area contributed by atoms with Crippen molar-refractivity contribution in [1.29, 1.82) is 0 Å². The van der Waals surface area contributed by atoms with Gasteiger partial charge in [-0.1, -0.05) is 35.9 Å². The maximum Gasteiger partial charge on any atom is 0.490 e. The molecule has 3 N–H and O–H groups in total. The second-order valence-corrected chi connectivity index (χ2v) is 9.91. The van der Waals surface area contributed by atoms with Crippen LogP contribution in [0.2, 0.25) is 5.15 Å². The van der Waals surface area contributed by atoms with E-state index in [1.807, 2.05) is 29.2 Å². The molecule has 3 heterocycles. The van der Waals surface area contributed by atoms with Gasteiger partial charge in [-0.25, -0.2) is 14.6 Å². The molecule has 0 radical (unpaired) electrons. The zero-order valence-corrected chi connectivity index (χ0v) is 23.0. The zero-order chi connectivity index (χ0) is 32.6. The highest BCUT2D eigenvalue weighted by Gasteiger charge is 2.38. The van der Waals surface area contributed by atoms with Gasteiger partial charge >= 0.3 is 24.3 Å². The number of carbonyl (C=O) groups is 2. The fourth-order valence-electron chi connectivity index (χ4n) is 4.43. The molecule has 0 spiro atoms. The largest absolute Gasteiger partial charge is 0.490 e. The number of aromatic carboxylic acids is 1. The van der Waals surface area contributed by atoms with Gasteiger partial charge in [0.2, 0.25) is 5.88 Å². The number of aliphatic carboxylic acids is 1. The molecule has 2 aromatic heterocycles. The van der Waals surface area contributed by atoms with Gasteiger partial charge in [0.1, 0.15) is 10.7 Å². The zero-order valence-electron chi connectivity index (χ0n) is 22.3. The molecule has 0 bridgehead atoms. The van der Waals surface area contributed by atoms with E-state index in [0.717, 1.165) is 23.3 Å². The van der Waals surface area contributed by atoms with Crippen molar-refractivity contribution in [3.05, 3.63) is 97.9 Å². The molecule has 1 aliphatic rings. The molecule has 44 heavy (non-hydrogen) atoms. The van der Waals surface area contributed by atoms with E-state index >= 15 is 0 Å². The number of nitrogens with zero attached hydrogens (tertiary/aromatic N) is 2. The topological polar surface area (TPSA) is 133 Å². The summed E-state index contributed by atoms with van der Waals surface area (Å²) in [7, 11) is 0. The summed E-state index contributed by atoms with van der Waals surface area (Å²) in [5, 5.41) is 19.2. The third-order valence-electron chi connectivity index (χ3n) is 6.47. The lowest BCUT2D eigenvalue weighted by Crippen LogP contribution is -2.21. The summed E-state index contributed by atoms with van der Waals surface area (Å²) < 4.78 is 79.0. The van der Waals surface area contributed by atoms with Gasteiger partial charge in [0, 0.05) is 24.7 Å². The molecule has 9 nitrogen and oxygen atoms in total. The van der Waals surface area contributed by atoms with Gasteiger partial charge in [-0.15, -0.1) is 0 Å². The van der Waals surface area contributed by atoms with Crippen LogP contribution in [0.25, 0.3) is 11.0 Å². The van der Waals surface area contributed by atoms with E-state index in [-0.39, 0.29) is 33.3 Å². The Bertz CT molecular complexity index is 1780. The SMILES string of the molecule is CC(Nc1ccc(Cl)nc1C(=O)O)c1cc(C(F)(F)F)cc2c(=O)cc(N3Cc4ccccc4C3)oc12.O=C(O)C(F)(F)F. The molecular formula is C28H20ClF6N3O6. The Morgan fingerprint density at radius 3 is 2.11 bits per heavy atom. The van der Waals surface area contributed by atoms with Gasteiger partial charge in [-0.05, 0) is 42.3 Å². The van der Waals surface area contributed by atoms with Crippen molar-refractivity contribution in [3.8, 4) is 0 Å². The number of fused-ring (bicyclic) bond motifs is 2. The predicted molar refractivity (Wildman–Crippen MR) is 146 cm³/mol. The summed E-state index contributed by atoms with van der Waals surface area (Å²) >= 11 is 5.81. The van der Waals surface area contributed by atoms with Crippen LogP contribution < -0.4 is 15.6 Å². The van der Waals surface area contributed by atoms with E-state index in [1.54, 1.807) is 0 Å². The number of hydrogen-bond acceptors (Lipinski definition) is 7. The first-order valence-corrected chi connectivity index (χ1v) is 12.8. The van der Waals surface area contributed by atoms with Crippen LogP contribution in [0.3, 0.4) is 0 Å². The van der Waals surface area contributed by atoms with Crippen molar-refractivity contribution in [2.45, 2.75) is 38.4 Å². The van der Waals surface area contributed by atoms with Crippen molar-refractivity contribution >= 4 is 46.1 Å². The van der Waals surface area contributed by atoms with Crippen LogP contribution in [0.5, 0.6) is 0 Å². The average molecular weight is 644 g/mol. The van der Waals surface area contributed by atoms with Gasteiger partial charge in [0.25, 0.3) is 0 Å². The van der Waals surface area contributed by atoms with Crippen LogP contribution >= 0.6 is 11.6 Å². The molecule has 4 aromatic rings. The highest BCUT2D eigenvalue weighted by Crippen LogP contribution is 2.37. The monoisotopic (exact) mass is 643 g/mol. The molecule has 1 aliphatic heterocycles. The Labute approximate surface area is 248 Å². The van der Waals surface area contributed by atoms with E-state index in [4.69, 9.17) is 25.9 Å². The van der Waals surface area contributed by atoms with Crippen molar-refractivity contribution in [2.75, 3.05) is 10.2 Å². The van der Waals surface area contributed by atoms with Crippen LogP contribution in [0.4, 0.5) is 37.9 Å². The molecule has 0 saturated heterocycles. The molecule has 0 saturated carbocycles. The average Bonchev–Trinajstić information content (AvgIpc) is 3.37. The summed E-state index contributed by atoms with van der Waals surface area (Å²) in [6, 6.07) is 12.4. The number of nitrogens with one attached hydrogen (secondary N) is 1. The summed E-state index contributed by atoms with van der Waals surface area (Å²) in [6.07, 6.45) is -9.81. The molecule has 2 aromatic carbocycles. The fourth-order valence-corrected chi connectivity index (χ4v) is 4.58. The number of benzene rings is 2. The van der Waals surface area contributed by atoms with E-state index in [1.165, 1.54) is 25.1 Å². The number of aromatic nitrogens is 1. The molecule has 1 atom stereocenters. The Morgan fingerprint density at radius 2 is 1.59 bits per heavy atom. The Balaban J connectivity index is 0.000000566. The van der Waals surface area contributed by atoms with Crippen LogP contribution in [0, 0.1) is 0 Å². The predicted octanol–water partition coefficient (Wildman–Crippen LogP) is 6.89. The number of halogens is 7. The van der Waals surface area contributed by atoms with Gasteiger partial charge in [0.05, 0.1) is 22.7 Å². The number of alkyl halides is 6. The molecule has 0 aliphatic carbocycles. The molecule has 232 valence electrons. The van der Waals surface area contributed by atoms with Gasteiger partial charge in [0.15, 0.2) is 11.1 Å². The Kier molecular flexibility index (Phi) is 8.81. The third-order valence-corrected chi connectivity index (χ3v) is 6.68. The third kappa shape index (κ3) is 7.05. The van der Waals surface area contributed by atoms with Gasteiger partial charge in [-0.2, -0.15) is 26.3 Å². The number of pyridine rings is 1. The quantitative estimate of drug-likeness (QED) is 0.157. The highest BCUT2D eigenvalue weighted by molar-refractivity contribution is 6.29. The number of carboxylic acids is 2. The highest BCUT2D eigenvalue weighted by atomic mass is 35.5. The van der Waals surface area contributed by atoms with Crippen LogP contribution in [-0.4, -0.2) is 33.3 Å². The number of carboxylic acid groups (broad SMARTS) is 2. The fraction of sp³-hybridized carbons (Fsp3) is 0.214. The van der Waals surface area contributed by atoms with Crippen molar-refractivity contribution < 1.29 is 50.6 Å². The minimum absolute atomic E-state index is 0.0229. The van der Waals surface area contributed by atoms with Crippen LogP contribution in [0.15, 0.2) is 63.8 Å². The van der Waals surface area contributed by atoms with Gasteiger partial charge < -0.3 is 24.8 Å². The summed E-state index contributed by atoms with van der Waals surface area (Å²) in [6.45, 7) is 2.49. The molecular weight excluding hydrogens is 624 g/mol. The van der Waals surface area contributed by atoms with Crippen molar-refractivity contribution in [1.82, 2.24) is 4.98 Å². The number of anilines is 2. The molecule has 5 rings (SSSR count). The lowest BCUT2D eigenvalue weighted by atomic mass is 10.00. The summed E-state index contributed by atoms with van der Waals surface area (Å²) in [5.74, 6) is -3.90. The minimum atomic E-state index is -5.08. The summed E-state index contributed by atoms with van der Waals surface area (Å²) in [5.41, 5.74) is 0.137. The molecule has 0 fully saturated rings. The van der Waals surface area contributed by atoms with E-state index in [2.05, 4.69) is 10.3 Å². The Hall–Kier alpha value is -4.79. The van der Waals surface area contributed by atoms with E-state index in [9.17, 15) is 41.0 Å². The van der Waals surface area contributed by atoms with Gasteiger partial charge in [-0.3, -0.25) is 4.79 Å². The maximum atomic E-state index is 13.7. The van der Waals surface area contributed by atoms with E-state index in [0.29, 0.717) is 13.1 Å². The van der Waals surface area contributed by atoms with Crippen molar-refractivity contribution in [2.24, 2.45) is 0 Å². The smallest absolute Gasteiger partial charge is 0.476 e. The minimum Gasteiger partial charge on any atom is -0.476 e. The molecule has 0 amide bonds. The first-order chi connectivity index (χ1) is 20.5. The second-order valence-electron chi connectivity index (χ2n) is 9.52. The first kappa shape index (κ1) is 32.1. The summed E-state index contributed by atoms with van der Waals surface area (Å²) in [4.78, 5) is 39.2. The second kappa shape index (κ2) is 12.1. The Morgan fingerprint density at radius 1 is 1.00 bits per heavy atom. The molecule has 1 unspecified atom stereocenters. The molecule has 16 heteroatoms. The lowest BCUT2D eigenvalue weighted by Gasteiger charge is -2.21. The number of hydrogen-bond donors (Lipinski definition) is 3. The van der Waals surface area contributed by atoms with E-state index < -0.39 is 47.0 Å². The van der Waals surface area contributed by atoms with Crippen LogP contribution in [0.1, 0.15) is 45.7 Å². The van der Waals surface area contributed by atoms with Crippen molar-refractivity contribution in [3.63, 3.8) is 0 Å². The number of rotatable bonds is 5. The standard InChI is InChI=1S/C26H19ClF3N3O4.C2HF3O2/c1-13(31-19-6-7-21(27)32-23(19)25(35)36)17-8-16(26(28,29)30)9-18-20(34)10-22(37-24(17)18)33-11-14-4-2-3-5-15(14)12-33;3-2(4,5)1(6)7/h2-10,13,31H,11-12H2,1H3,(H,35,36);(H,6,7). The van der Waals surface area contributed by atoms with Crippen LogP contribution in [-0.2, 0) is 24.1 Å². The maximum absolute atomic E-state index is 13.7. The lowest BCUT2D eigenvalue weighted by molar-refractivity contribution is -0.192. The normalized spacial score (nSPS) is 13.6.